The molecule has 6 heteroatoms. The summed E-state index contributed by atoms with van der Waals surface area (Å²) in [5.74, 6) is 2.25. The van der Waals surface area contributed by atoms with Gasteiger partial charge in [0.1, 0.15) is 0 Å². The van der Waals surface area contributed by atoms with Gasteiger partial charge in [-0.2, -0.15) is 15.0 Å². The lowest BCUT2D eigenvalue weighted by Gasteiger charge is -2.33. The molecular weight excluding hydrogens is 286 g/mol. The van der Waals surface area contributed by atoms with Gasteiger partial charge in [-0.05, 0) is 49.6 Å². The van der Waals surface area contributed by atoms with Crippen LogP contribution in [0.5, 0.6) is 0 Å². The van der Waals surface area contributed by atoms with Gasteiger partial charge in [0.2, 0.25) is 17.2 Å². The topological polar surface area (TPSA) is 45.2 Å². The van der Waals surface area contributed by atoms with Crippen molar-refractivity contribution in [2.45, 2.75) is 45.4 Å². The van der Waals surface area contributed by atoms with E-state index in [9.17, 15) is 0 Å². The smallest absolute Gasteiger partial charge is 0.231 e. The van der Waals surface area contributed by atoms with Crippen LogP contribution in [0, 0.1) is 5.92 Å². The first-order valence-electron chi connectivity index (χ1n) is 8.17. The zero-order chi connectivity index (χ0) is 14.7. The third kappa shape index (κ3) is 3.57. The highest BCUT2D eigenvalue weighted by Crippen LogP contribution is 2.25. The number of nitrogens with zero attached hydrogens (tertiary/aromatic N) is 5. The Morgan fingerprint density at radius 1 is 0.952 bits per heavy atom. The quantitative estimate of drug-likeness (QED) is 0.858. The zero-order valence-electron chi connectivity index (χ0n) is 12.8. The van der Waals surface area contributed by atoms with Crippen LogP contribution in [-0.4, -0.2) is 41.1 Å². The van der Waals surface area contributed by atoms with E-state index in [1.165, 1.54) is 38.5 Å². The number of hydrogen-bond acceptors (Lipinski definition) is 5. The van der Waals surface area contributed by atoms with Gasteiger partial charge in [0.05, 0.1) is 0 Å². The van der Waals surface area contributed by atoms with Gasteiger partial charge in [0, 0.05) is 26.2 Å². The first-order chi connectivity index (χ1) is 10.3. The van der Waals surface area contributed by atoms with Crippen molar-refractivity contribution < 1.29 is 0 Å². The Hall–Kier alpha value is -1.10. The summed E-state index contributed by atoms with van der Waals surface area (Å²) in [5.41, 5.74) is 0. The van der Waals surface area contributed by atoms with Crippen molar-refractivity contribution >= 4 is 23.5 Å². The molecule has 3 heterocycles. The van der Waals surface area contributed by atoms with Crippen molar-refractivity contribution in [1.82, 2.24) is 15.0 Å². The van der Waals surface area contributed by atoms with Crippen LogP contribution in [0.4, 0.5) is 11.9 Å². The average Bonchev–Trinajstić information content (AvgIpc) is 2.55. The zero-order valence-corrected chi connectivity index (χ0v) is 13.5. The summed E-state index contributed by atoms with van der Waals surface area (Å²) in [4.78, 5) is 17.9. The van der Waals surface area contributed by atoms with E-state index >= 15 is 0 Å². The van der Waals surface area contributed by atoms with E-state index in [0.717, 1.165) is 44.0 Å². The minimum Gasteiger partial charge on any atom is -0.341 e. The minimum atomic E-state index is 0.319. The fourth-order valence-corrected chi connectivity index (χ4v) is 3.44. The largest absolute Gasteiger partial charge is 0.341 e. The normalized spacial score (nSPS) is 23.4. The van der Waals surface area contributed by atoms with E-state index in [0.29, 0.717) is 5.28 Å². The predicted octanol–water partition coefficient (Wildman–Crippen LogP) is 3.14. The fraction of sp³-hybridized carbons (Fsp3) is 0.800. The third-order valence-electron chi connectivity index (χ3n) is 4.60. The van der Waals surface area contributed by atoms with Crippen LogP contribution in [-0.2, 0) is 0 Å². The molecule has 0 N–H and O–H groups in total. The monoisotopic (exact) mass is 309 g/mol. The Kier molecular flexibility index (Phi) is 4.78. The van der Waals surface area contributed by atoms with Crippen molar-refractivity contribution in [3.05, 3.63) is 5.28 Å². The maximum Gasteiger partial charge on any atom is 0.231 e. The van der Waals surface area contributed by atoms with Gasteiger partial charge in [-0.1, -0.05) is 13.3 Å². The van der Waals surface area contributed by atoms with Gasteiger partial charge in [-0.3, -0.25) is 0 Å². The summed E-state index contributed by atoms with van der Waals surface area (Å²) in [7, 11) is 0. The van der Waals surface area contributed by atoms with Crippen LogP contribution in [0.25, 0.3) is 0 Å². The average molecular weight is 310 g/mol. The molecule has 2 fully saturated rings. The molecule has 2 saturated heterocycles. The molecule has 2 aliphatic heterocycles. The Balaban J connectivity index is 1.80. The molecule has 2 aliphatic rings. The number of aromatic nitrogens is 3. The number of anilines is 2. The summed E-state index contributed by atoms with van der Waals surface area (Å²) < 4.78 is 0. The number of piperidine rings is 2. The number of rotatable bonds is 3. The molecule has 0 spiro atoms. The molecule has 0 aromatic carbocycles. The highest BCUT2D eigenvalue weighted by molar-refractivity contribution is 6.28. The molecule has 1 aromatic rings. The second kappa shape index (κ2) is 6.77. The lowest BCUT2D eigenvalue weighted by molar-refractivity contribution is 0.400. The maximum absolute atomic E-state index is 6.14. The Bertz CT molecular complexity index is 475. The van der Waals surface area contributed by atoms with Gasteiger partial charge in [-0.25, -0.2) is 0 Å². The van der Waals surface area contributed by atoms with Crippen LogP contribution >= 0.6 is 11.6 Å². The van der Waals surface area contributed by atoms with Gasteiger partial charge in [0.25, 0.3) is 0 Å². The second-order valence-corrected chi connectivity index (χ2v) is 6.45. The molecule has 1 aromatic heterocycles. The summed E-state index contributed by atoms with van der Waals surface area (Å²) in [5, 5.41) is 0.319. The summed E-state index contributed by atoms with van der Waals surface area (Å²) in [6.45, 7) is 6.37. The lowest BCUT2D eigenvalue weighted by atomic mass is 9.96. The van der Waals surface area contributed by atoms with Crippen LogP contribution in [0.3, 0.4) is 0 Å². The first kappa shape index (κ1) is 14.8. The maximum atomic E-state index is 6.14. The molecule has 0 radical (unpaired) electrons. The second-order valence-electron chi connectivity index (χ2n) is 6.11. The molecule has 5 nitrogen and oxygen atoms in total. The summed E-state index contributed by atoms with van der Waals surface area (Å²) in [6.07, 6.45) is 7.45. The third-order valence-corrected chi connectivity index (χ3v) is 4.77. The van der Waals surface area contributed by atoms with Crippen molar-refractivity contribution in [1.29, 1.82) is 0 Å². The molecule has 0 aliphatic carbocycles. The van der Waals surface area contributed by atoms with Crippen molar-refractivity contribution in [2.75, 3.05) is 36.0 Å². The van der Waals surface area contributed by atoms with E-state index in [2.05, 4.69) is 26.7 Å². The van der Waals surface area contributed by atoms with E-state index in [1.807, 2.05) is 0 Å². The van der Waals surface area contributed by atoms with Crippen LogP contribution in [0.2, 0.25) is 5.28 Å². The fourth-order valence-electron chi connectivity index (χ4n) is 3.29. The molecule has 0 bridgehead atoms. The van der Waals surface area contributed by atoms with E-state index < -0.39 is 0 Å². The molecule has 116 valence electrons. The van der Waals surface area contributed by atoms with Crippen LogP contribution < -0.4 is 9.80 Å². The highest BCUT2D eigenvalue weighted by atomic mass is 35.5. The van der Waals surface area contributed by atoms with Gasteiger partial charge >= 0.3 is 0 Å². The molecule has 3 rings (SSSR count). The predicted molar refractivity (Wildman–Crippen MR) is 86.1 cm³/mol. The lowest BCUT2D eigenvalue weighted by Crippen LogP contribution is -2.37. The number of halogens is 1. The van der Waals surface area contributed by atoms with Crippen molar-refractivity contribution in [2.24, 2.45) is 5.92 Å². The Labute approximate surface area is 131 Å². The minimum absolute atomic E-state index is 0.319. The van der Waals surface area contributed by atoms with Crippen molar-refractivity contribution in [3.8, 4) is 0 Å². The summed E-state index contributed by atoms with van der Waals surface area (Å²) >= 11 is 6.14. The van der Waals surface area contributed by atoms with E-state index in [-0.39, 0.29) is 0 Å². The molecule has 0 amide bonds. The van der Waals surface area contributed by atoms with Gasteiger partial charge < -0.3 is 9.80 Å². The first-order valence-corrected chi connectivity index (χ1v) is 8.55. The van der Waals surface area contributed by atoms with Crippen LogP contribution in [0.15, 0.2) is 0 Å². The van der Waals surface area contributed by atoms with Crippen LogP contribution in [0.1, 0.15) is 45.4 Å². The van der Waals surface area contributed by atoms with Crippen molar-refractivity contribution in [3.63, 3.8) is 0 Å². The molecular formula is C15H24ClN5. The van der Waals surface area contributed by atoms with Gasteiger partial charge in [0.15, 0.2) is 0 Å². The Morgan fingerprint density at radius 3 is 2.33 bits per heavy atom. The summed E-state index contributed by atoms with van der Waals surface area (Å²) in [6, 6.07) is 0. The number of hydrogen-bond donors (Lipinski definition) is 0. The standard InChI is InChI=1S/C15H24ClN5/c1-2-12-7-6-10-21(11-12)15-18-13(16)17-14(19-15)20-8-4-3-5-9-20/h12H,2-11H2,1H3. The Morgan fingerprint density at radius 2 is 1.62 bits per heavy atom. The molecule has 0 saturated carbocycles. The molecule has 1 atom stereocenters. The SMILES string of the molecule is CCC1CCCN(c2nc(Cl)nc(N3CCCCC3)n2)C1. The highest BCUT2D eigenvalue weighted by Gasteiger charge is 2.23. The molecule has 21 heavy (non-hydrogen) atoms. The molecule has 1 unspecified atom stereocenters. The van der Waals surface area contributed by atoms with Gasteiger partial charge in [-0.15, -0.1) is 0 Å². The van der Waals surface area contributed by atoms with E-state index in [4.69, 9.17) is 16.6 Å². The van der Waals surface area contributed by atoms with E-state index in [1.54, 1.807) is 0 Å².